The van der Waals surface area contributed by atoms with Gasteiger partial charge in [0.05, 0.1) is 12.0 Å². The Kier molecular flexibility index (Phi) is 2.55. The van der Waals surface area contributed by atoms with Gasteiger partial charge in [0.25, 0.3) is 0 Å². The fraction of sp³-hybridized carbons (Fsp3) is 0.562. The van der Waals surface area contributed by atoms with E-state index in [0.29, 0.717) is 0 Å². The Hall–Kier alpha value is -1.35. The first-order valence-electron chi connectivity index (χ1n) is 6.96. The van der Waals surface area contributed by atoms with Crippen molar-refractivity contribution in [1.29, 1.82) is 0 Å². The summed E-state index contributed by atoms with van der Waals surface area (Å²) in [4.78, 5) is 14.0. The number of aliphatic hydroxyl groups is 1. The van der Waals surface area contributed by atoms with E-state index in [4.69, 9.17) is 0 Å². The van der Waals surface area contributed by atoms with Crippen LogP contribution in [0, 0.1) is 0 Å². The maximum Gasteiger partial charge on any atom is 0.236 e. The third kappa shape index (κ3) is 1.51. The average Bonchev–Trinajstić information content (AvgIpc) is 2.51. The molecule has 0 bridgehead atoms. The number of benzene rings is 1. The summed E-state index contributed by atoms with van der Waals surface area (Å²) in [6, 6.07) is 6.26. The van der Waals surface area contributed by atoms with Crippen LogP contribution in [-0.2, 0) is 15.6 Å². The van der Waals surface area contributed by atoms with Crippen molar-refractivity contribution in [2.45, 2.75) is 43.9 Å². The minimum atomic E-state index is -0.458. The molecule has 1 aliphatic heterocycles. The molecule has 3 heteroatoms. The zero-order valence-electron chi connectivity index (χ0n) is 11.9. The smallest absolute Gasteiger partial charge is 0.236 e. The highest BCUT2D eigenvalue weighted by molar-refractivity contribution is 6.07. The van der Waals surface area contributed by atoms with E-state index in [1.165, 1.54) is 12.0 Å². The molecule has 1 saturated carbocycles. The number of rotatable bonds is 2. The molecule has 0 saturated heterocycles. The van der Waals surface area contributed by atoms with Crippen molar-refractivity contribution >= 4 is 11.6 Å². The summed E-state index contributed by atoms with van der Waals surface area (Å²) in [6.07, 6.45) is 3.28. The van der Waals surface area contributed by atoms with Gasteiger partial charge >= 0.3 is 0 Å². The monoisotopic (exact) mass is 259 g/mol. The molecule has 1 aromatic rings. The molecule has 0 spiro atoms. The van der Waals surface area contributed by atoms with Crippen molar-refractivity contribution in [2.24, 2.45) is 0 Å². The fourth-order valence-corrected chi connectivity index (χ4v) is 3.44. The Bertz CT molecular complexity index is 538. The Labute approximate surface area is 114 Å². The quantitative estimate of drug-likeness (QED) is 0.885. The lowest BCUT2D eigenvalue weighted by Crippen LogP contribution is -2.38. The molecule has 2 aliphatic rings. The van der Waals surface area contributed by atoms with Gasteiger partial charge in [0.2, 0.25) is 5.91 Å². The minimum absolute atomic E-state index is 0.0602. The van der Waals surface area contributed by atoms with Crippen molar-refractivity contribution in [2.75, 3.05) is 18.6 Å². The second kappa shape index (κ2) is 3.83. The van der Waals surface area contributed by atoms with Crippen LogP contribution >= 0.6 is 0 Å². The maximum absolute atomic E-state index is 12.3. The Morgan fingerprint density at radius 2 is 2.00 bits per heavy atom. The van der Waals surface area contributed by atoms with E-state index in [9.17, 15) is 9.90 Å². The summed E-state index contributed by atoms with van der Waals surface area (Å²) < 4.78 is 0. The van der Waals surface area contributed by atoms with Gasteiger partial charge in [-0.25, -0.2) is 0 Å². The van der Waals surface area contributed by atoms with Crippen molar-refractivity contribution in [3.63, 3.8) is 0 Å². The van der Waals surface area contributed by atoms with Gasteiger partial charge in [0, 0.05) is 18.2 Å². The largest absolute Gasteiger partial charge is 0.395 e. The summed E-state index contributed by atoms with van der Waals surface area (Å²) in [6.45, 7) is 4.16. The second-order valence-electron chi connectivity index (χ2n) is 6.51. The van der Waals surface area contributed by atoms with Crippen LogP contribution in [-0.4, -0.2) is 24.7 Å². The lowest BCUT2D eigenvalue weighted by molar-refractivity contribution is -0.121. The molecular weight excluding hydrogens is 238 g/mol. The zero-order valence-corrected chi connectivity index (χ0v) is 11.9. The van der Waals surface area contributed by atoms with E-state index in [0.717, 1.165) is 24.1 Å². The number of anilines is 1. The van der Waals surface area contributed by atoms with Crippen LogP contribution in [0.2, 0.25) is 0 Å². The van der Waals surface area contributed by atoms with Gasteiger partial charge in [0.1, 0.15) is 0 Å². The number of hydrogen-bond donors (Lipinski definition) is 1. The summed E-state index contributed by atoms with van der Waals surface area (Å²) >= 11 is 0. The highest BCUT2D eigenvalue weighted by atomic mass is 16.3. The van der Waals surface area contributed by atoms with Crippen LogP contribution in [0.5, 0.6) is 0 Å². The van der Waals surface area contributed by atoms with Crippen molar-refractivity contribution in [3.05, 3.63) is 29.3 Å². The standard InChI is InChI=1S/C16H21NO2/c1-15(2)12-9-11(16(10-18)7-4-8-16)5-6-13(12)17(3)14(15)19/h5-6,9,18H,4,7-8,10H2,1-3H3. The minimum Gasteiger partial charge on any atom is -0.395 e. The molecule has 3 rings (SSSR count). The van der Waals surface area contributed by atoms with Crippen molar-refractivity contribution in [3.8, 4) is 0 Å². The Morgan fingerprint density at radius 1 is 1.32 bits per heavy atom. The van der Waals surface area contributed by atoms with Gasteiger partial charge < -0.3 is 10.0 Å². The predicted molar refractivity (Wildman–Crippen MR) is 75.5 cm³/mol. The lowest BCUT2D eigenvalue weighted by Gasteiger charge is -2.41. The molecular formula is C16H21NO2. The van der Waals surface area contributed by atoms with Crippen LogP contribution in [0.3, 0.4) is 0 Å². The Morgan fingerprint density at radius 3 is 2.53 bits per heavy atom. The van der Waals surface area contributed by atoms with E-state index in [1.807, 2.05) is 27.0 Å². The van der Waals surface area contributed by atoms with E-state index in [-0.39, 0.29) is 17.9 Å². The predicted octanol–water partition coefficient (Wildman–Crippen LogP) is 2.35. The molecule has 1 N–H and O–H groups in total. The normalized spacial score (nSPS) is 23.2. The number of nitrogens with zero attached hydrogens (tertiary/aromatic N) is 1. The average molecular weight is 259 g/mol. The molecule has 1 heterocycles. The lowest BCUT2D eigenvalue weighted by atomic mass is 9.64. The van der Waals surface area contributed by atoms with Crippen molar-refractivity contribution in [1.82, 2.24) is 0 Å². The van der Waals surface area contributed by atoms with Crippen LogP contribution in [0.1, 0.15) is 44.2 Å². The van der Waals surface area contributed by atoms with Crippen LogP contribution in [0.25, 0.3) is 0 Å². The number of likely N-dealkylation sites (N-methyl/N-ethyl adjacent to an activating group) is 1. The van der Waals surface area contributed by atoms with Crippen molar-refractivity contribution < 1.29 is 9.90 Å². The van der Waals surface area contributed by atoms with Gasteiger partial charge in [-0.15, -0.1) is 0 Å². The molecule has 1 aromatic carbocycles. The van der Waals surface area contributed by atoms with E-state index in [1.54, 1.807) is 4.90 Å². The summed E-state index contributed by atoms with van der Waals surface area (Å²) in [5.74, 6) is 0.145. The first kappa shape index (κ1) is 12.7. The van der Waals surface area contributed by atoms with Gasteiger partial charge in [-0.1, -0.05) is 18.6 Å². The third-order valence-electron chi connectivity index (χ3n) is 5.10. The number of amides is 1. The number of hydrogen-bond acceptors (Lipinski definition) is 2. The first-order chi connectivity index (χ1) is 8.92. The molecule has 102 valence electrons. The summed E-state index contributed by atoms with van der Waals surface area (Å²) in [7, 11) is 1.83. The summed E-state index contributed by atoms with van der Waals surface area (Å²) in [5.41, 5.74) is 2.77. The van der Waals surface area contributed by atoms with Gasteiger partial charge in [0.15, 0.2) is 0 Å². The molecule has 19 heavy (non-hydrogen) atoms. The molecule has 1 amide bonds. The van der Waals surface area contributed by atoms with Crippen LogP contribution in [0.15, 0.2) is 18.2 Å². The Balaban J connectivity index is 2.11. The molecule has 0 unspecified atom stereocenters. The SMILES string of the molecule is CN1C(=O)C(C)(C)c2cc(C3(CO)CCC3)ccc21. The molecule has 1 aliphatic carbocycles. The molecule has 0 atom stereocenters. The highest BCUT2D eigenvalue weighted by Crippen LogP contribution is 2.47. The van der Waals surface area contributed by atoms with Crippen LogP contribution in [0.4, 0.5) is 5.69 Å². The topological polar surface area (TPSA) is 40.5 Å². The number of aliphatic hydroxyl groups excluding tert-OH is 1. The third-order valence-corrected chi connectivity index (χ3v) is 5.10. The number of carbonyl (C=O) groups excluding carboxylic acids is 1. The zero-order chi connectivity index (χ0) is 13.8. The van der Waals surface area contributed by atoms with Crippen LogP contribution < -0.4 is 4.90 Å². The number of carbonyl (C=O) groups is 1. The van der Waals surface area contributed by atoms with Gasteiger partial charge in [-0.2, -0.15) is 0 Å². The molecule has 0 aromatic heterocycles. The van der Waals surface area contributed by atoms with Gasteiger partial charge in [-0.3, -0.25) is 4.79 Å². The highest BCUT2D eigenvalue weighted by Gasteiger charge is 2.44. The fourth-order valence-electron chi connectivity index (χ4n) is 3.44. The second-order valence-corrected chi connectivity index (χ2v) is 6.51. The summed E-state index contributed by atoms with van der Waals surface area (Å²) in [5, 5.41) is 9.70. The number of fused-ring (bicyclic) bond motifs is 1. The maximum atomic E-state index is 12.3. The molecule has 3 nitrogen and oxygen atoms in total. The van der Waals surface area contributed by atoms with E-state index >= 15 is 0 Å². The van der Waals surface area contributed by atoms with E-state index in [2.05, 4.69) is 12.1 Å². The van der Waals surface area contributed by atoms with E-state index < -0.39 is 5.41 Å². The molecule has 0 radical (unpaired) electrons. The van der Waals surface area contributed by atoms with Gasteiger partial charge in [-0.05, 0) is 43.9 Å². The first-order valence-corrected chi connectivity index (χ1v) is 6.96. The molecule has 1 fully saturated rings.